The fraction of sp³-hybridized carbons (Fsp3) is 0.444. The van der Waals surface area contributed by atoms with E-state index in [0.29, 0.717) is 11.3 Å². The SMILES string of the molecule is CC(C)(C)C1C(NC(=O)O)CCCN1c1c(Br)cnc2[nH]cc(NC(=O)C3CC3c3ccccc3)c12. The second-order valence-electron chi connectivity index (χ2n) is 10.9. The first kappa shape index (κ1) is 24.6. The van der Waals surface area contributed by atoms with Gasteiger partial charge in [0, 0.05) is 24.9 Å². The first-order valence-electron chi connectivity index (χ1n) is 12.4. The van der Waals surface area contributed by atoms with Crippen molar-refractivity contribution in [3.05, 3.63) is 52.8 Å². The van der Waals surface area contributed by atoms with Crippen LogP contribution in [0.15, 0.2) is 47.2 Å². The molecule has 3 aromatic rings. The fourth-order valence-electron chi connectivity index (χ4n) is 5.84. The van der Waals surface area contributed by atoms with Crippen LogP contribution in [0.1, 0.15) is 51.5 Å². The van der Waals surface area contributed by atoms with Crippen molar-refractivity contribution >= 4 is 50.3 Å². The maximum Gasteiger partial charge on any atom is 0.404 e. The number of nitrogens with zero attached hydrogens (tertiary/aromatic N) is 2. The van der Waals surface area contributed by atoms with Crippen molar-refractivity contribution < 1.29 is 14.7 Å². The zero-order valence-electron chi connectivity index (χ0n) is 20.7. The van der Waals surface area contributed by atoms with Crippen LogP contribution in [-0.4, -0.2) is 45.7 Å². The van der Waals surface area contributed by atoms with Gasteiger partial charge in [0.2, 0.25) is 5.91 Å². The second kappa shape index (κ2) is 9.42. The molecule has 1 saturated carbocycles. The summed E-state index contributed by atoms with van der Waals surface area (Å²) in [4.78, 5) is 34.9. The molecule has 0 spiro atoms. The van der Waals surface area contributed by atoms with Crippen LogP contribution in [0.25, 0.3) is 11.0 Å². The number of piperidine rings is 1. The molecule has 36 heavy (non-hydrogen) atoms. The predicted molar refractivity (Wildman–Crippen MR) is 144 cm³/mol. The summed E-state index contributed by atoms with van der Waals surface area (Å²) in [5, 5.41) is 16.3. The van der Waals surface area contributed by atoms with Crippen LogP contribution < -0.4 is 15.5 Å². The van der Waals surface area contributed by atoms with Crippen molar-refractivity contribution in [3.63, 3.8) is 0 Å². The topological polar surface area (TPSA) is 110 Å². The van der Waals surface area contributed by atoms with Gasteiger partial charge in [0.25, 0.3) is 0 Å². The zero-order valence-corrected chi connectivity index (χ0v) is 22.3. The molecule has 2 aromatic heterocycles. The van der Waals surface area contributed by atoms with Gasteiger partial charge in [-0.3, -0.25) is 4.79 Å². The summed E-state index contributed by atoms with van der Waals surface area (Å²) in [5.41, 5.74) is 3.28. The Labute approximate surface area is 219 Å². The highest BCUT2D eigenvalue weighted by molar-refractivity contribution is 9.10. The lowest BCUT2D eigenvalue weighted by atomic mass is 9.77. The standard InChI is InChI=1S/C27H32BrN5O3/c1-27(2,3)23-19(32-26(35)36)10-7-11-33(23)22-18(28)13-29-24-21(22)20(14-30-24)31-25(34)17-12-16(17)15-8-5-4-6-9-15/h4-6,8-9,13-14,16-17,19,23,32H,7,10-12H2,1-3H3,(H,29,30)(H,31,34)(H,35,36). The van der Waals surface area contributed by atoms with E-state index in [4.69, 9.17) is 0 Å². The van der Waals surface area contributed by atoms with E-state index in [-0.39, 0.29) is 35.2 Å². The van der Waals surface area contributed by atoms with E-state index >= 15 is 0 Å². The quantitative estimate of drug-likeness (QED) is 0.323. The molecular formula is C27H32BrN5O3. The molecule has 1 aliphatic heterocycles. The molecule has 1 saturated heterocycles. The van der Waals surface area contributed by atoms with E-state index in [9.17, 15) is 14.7 Å². The summed E-state index contributed by atoms with van der Waals surface area (Å²) in [5.74, 6) is 0.199. The summed E-state index contributed by atoms with van der Waals surface area (Å²) >= 11 is 3.72. The van der Waals surface area contributed by atoms with Crippen molar-refractivity contribution in [1.29, 1.82) is 0 Å². The third kappa shape index (κ3) is 4.68. The summed E-state index contributed by atoms with van der Waals surface area (Å²) in [7, 11) is 0. The Bertz CT molecular complexity index is 1290. The van der Waals surface area contributed by atoms with E-state index < -0.39 is 6.09 Å². The first-order valence-corrected chi connectivity index (χ1v) is 13.2. The number of amides is 2. The van der Waals surface area contributed by atoms with Gasteiger partial charge in [-0.2, -0.15) is 0 Å². The maximum absolute atomic E-state index is 13.2. The van der Waals surface area contributed by atoms with Gasteiger partial charge in [-0.15, -0.1) is 0 Å². The van der Waals surface area contributed by atoms with Crippen LogP contribution in [0.3, 0.4) is 0 Å². The molecule has 0 radical (unpaired) electrons. The second-order valence-corrected chi connectivity index (χ2v) is 11.8. The maximum atomic E-state index is 13.2. The van der Waals surface area contributed by atoms with Crippen molar-refractivity contribution in [2.45, 2.75) is 58.0 Å². The molecule has 0 bridgehead atoms. The number of H-pyrrole nitrogens is 1. The minimum Gasteiger partial charge on any atom is -0.465 e. The molecular weight excluding hydrogens is 522 g/mol. The Balaban J connectivity index is 1.49. The van der Waals surface area contributed by atoms with E-state index in [1.54, 1.807) is 12.4 Å². The summed E-state index contributed by atoms with van der Waals surface area (Å²) < 4.78 is 0.809. The number of hydrogen-bond acceptors (Lipinski definition) is 4. The molecule has 4 unspecified atom stereocenters. The zero-order chi connectivity index (χ0) is 25.6. The van der Waals surface area contributed by atoms with Gasteiger partial charge >= 0.3 is 6.09 Å². The number of nitrogens with one attached hydrogen (secondary N) is 3. The molecule has 4 N–H and O–H groups in total. The summed E-state index contributed by atoms with van der Waals surface area (Å²) in [6, 6.07) is 9.85. The third-order valence-electron chi connectivity index (χ3n) is 7.36. The van der Waals surface area contributed by atoms with E-state index in [1.165, 1.54) is 5.56 Å². The largest absolute Gasteiger partial charge is 0.465 e. The number of anilines is 2. The Morgan fingerprint density at radius 3 is 2.67 bits per heavy atom. The Morgan fingerprint density at radius 1 is 1.22 bits per heavy atom. The molecule has 9 heteroatoms. The highest BCUT2D eigenvalue weighted by Crippen LogP contribution is 2.49. The third-order valence-corrected chi connectivity index (χ3v) is 7.94. The Kier molecular flexibility index (Phi) is 6.44. The number of carbonyl (C=O) groups excluding carboxylic acids is 1. The number of carbonyl (C=O) groups is 2. The fourth-order valence-corrected chi connectivity index (χ4v) is 6.37. The lowest BCUT2D eigenvalue weighted by Crippen LogP contribution is -2.60. The van der Waals surface area contributed by atoms with Crippen LogP contribution in [0.5, 0.6) is 0 Å². The molecule has 1 aromatic carbocycles. The summed E-state index contributed by atoms with van der Waals surface area (Å²) in [6.45, 7) is 7.18. The average molecular weight is 554 g/mol. The van der Waals surface area contributed by atoms with Crippen LogP contribution in [0, 0.1) is 11.3 Å². The molecule has 8 nitrogen and oxygen atoms in total. The molecule has 3 heterocycles. The van der Waals surface area contributed by atoms with Crippen molar-refractivity contribution in [2.75, 3.05) is 16.8 Å². The van der Waals surface area contributed by atoms with Crippen molar-refractivity contribution in [3.8, 4) is 0 Å². The van der Waals surface area contributed by atoms with Crippen LogP contribution in [0.4, 0.5) is 16.2 Å². The van der Waals surface area contributed by atoms with Gasteiger partial charge in [0.15, 0.2) is 0 Å². The van der Waals surface area contributed by atoms with Crippen LogP contribution >= 0.6 is 15.9 Å². The number of halogens is 1. The Morgan fingerprint density at radius 2 is 1.97 bits per heavy atom. The minimum absolute atomic E-state index is 0.00659. The molecule has 5 rings (SSSR count). The molecule has 4 atom stereocenters. The smallest absolute Gasteiger partial charge is 0.404 e. The Hall–Kier alpha value is -3.07. The number of aromatic nitrogens is 2. The number of benzene rings is 1. The highest BCUT2D eigenvalue weighted by Gasteiger charge is 2.45. The normalized spacial score (nSPS) is 23.9. The van der Waals surface area contributed by atoms with Gasteiger partial charge in [-0.05, 0) is 52.1 Å². The number of fused-ring (bicyclic) bond motifs is 1. The van der Waals surface area contributed by atoms with Gasteiger partial charge in [0.1, 0.15) is 5.65 Å². The molecule has 2 fully saturated rings. The monoisotopic (exact) mass is 553 g/mol. The van der Waals surface area contributed by atoms with Crippen molar-refractivity contribution in [2.24, 2.45) is 11.3 Å². The van der Waals surface area contributed by atoms with Crippen LogP contribution in [0.2, 0.25) is 0 Å². The van der Waals surface area contributed by atoms with E-state index in [2.05, 4.69) is 74.3 Å². The minimum atomic E-state index is -1.01. The number of pyridine rings is 1. The van der Waals surface area contributed by atoms with Crippen molar-refractivity contribution in [1.82, 2.24) is 15.3 Å². The predicted octanol–water partition coefficient (Wildman–Crippen LogP) is 5.72. The van der Waals surface area contributed by atoms with E-state index in [1.807, 2.05) is 18.2 Å². The number of aromatic amines is 1. The van der Waals surface area contributed by atoms with Gasteiger partial charge in [-0.25, -0.2) is 9.78 Å². The highest BCUT2D eigenvalue weighted by atomic mass is 79.9. The lowest BCUT2D eigenvalue weighted by molar-refractivity contribution is -0.117. The van der Waals surface area contributed by atoms with Gasteiger partial charge in [-0.1, -0.05) is 51.1 Å². The van der Waals surface area contributed by atoms with Gasteiger partial charge in [0.05, 0.1) is 33.3 Å². The van der Waals surface area contributed by atoms with Crippen LogP contribution in [-0.2, 0) is 4.79 Å². The molecule has 190 valence electrons. The number of carboxylic acid groups (broad SMARTS) is 1. The molecule has 2 amide bonds. The average Bonchev–Trinajstić information content (AvgIpc) is 3.54. The summed E-state index contributed by atoms with van der Waals surface area (Å²) in [6.07, 6.45) is 5.01. The molecule has 1 aliphatic carbocycles. The lowest BCUT2D eigenvalue weighted by Gasteiger charge is -2.49. The van der Waals surface area contributed by atoms with E-state index in [0.717, 1.165) is 41.4 Å². The number of rotatable bonds is 5. The first-order chi connectivity index (χ1) is 17.1. The number of hydrogen-bond donors (Lipinski definition) is 4. The molecule has 2 aliphatic rings. The van der Waals surface area contributed by atoms with Gasteiger partial charge < -0.3 is 25.6 Å².